The Balaban J connectivity index is 2.05. The third-order valence-corrected chi connectivity index (χ3v) is 5.60. The maximum absolute atomic E-state index is 12.7. The average Bonchev–Trinajstić information content (AvgIpc) is 2.61. The van der Waals surface area contributed by atoms with Crippen molar-refractivity contribution in [3.05, 3.63) is 83.9 Å². The second kappa shape index (κ2) is 5.64. The highest BCUT2D eigenvalue weighted by Gasteiger charge is 2.23. The molecule has 1 aromatic heterocycles. The summed E-state index contributed by atoms with van der Waals surface area (Å²) in [6, 6.07) is 24.2. The predicted molar refractivity (Wildman–Crippen MR) is 95.3 cm³/mol. The molecule has 0 aliphatic carbocycles. The minimum atomic E-state index is -1.89. The van der Waals surface area contributed by atoms with Crippen molar-refractivity contribution in [1.82, 2.24) is 0 Å². The van der Waals surface area contributed by atoms with Crippen molar-refractivity contribution in [2.24, 2.45) is 0 Å². The molecule has 3 heteroatoms. The SMILES string of the molecule is CC(c1ccccc1)c1cccc2c3ccccc3o[p+](=O)c12. The Bertz CT molecular complexity index is 1050. The van der Waals surface area contributed by atoms with Crippen molar-refractivity contribution in [3.63, 3.8) is 0 Å². The Morgan fingerprint density at radius 2 is 1.52 bits per heavy atom. The molecule has 0 spiro atoms. The zero-order chi connectivity index (χ0) is 15.8. The lowest BCUT2D eigenvalue weighted by Crippen LogP contribution is -1.96. The highest BCUT2D eigenvalue weighted by molar-refractivity contribution is 7.37. The standard InChI is InChI=1S/C20H16O2P/c1-14(15-8-3-2-4-9-15)16-11-7-12-18-17-10-5-6-13-19(17)22-23(21)20(16)18/h2-14H,1H3/q+1. The molecule has 0 aliphatic heterocycles. The average molecular weight is 319 g/mol. The van der Waals surface area contributed by atoms with Gasteiger partial charge in [-0.05, 0) is 22.3 Å². The molecule has 1 heterocycles. The van der Waals surface area contributed by atoms with E-state index in [0.29, 0.717) is 5.58 Å². The van der Waals surface area contributed by atoms with E-state index in [1.54, 1.807) is 0 Å². The van der Waals surface area contributed by atoms with E-state index in [1.807, 2.05) is 54.6 Å². The van der Waals surface area contributed by atoms with Crippen LogP contribution in [0.2, 0.25) is 0 Å². The normalized spacial score (nSPS) is 13.3. The molecule has 4 rings (SSSR count). The van der Waals surface area contributed by atoms with E-state index in [-0.39, 0.29) is 5.92 Å². The largest absolute Gasteiger partial charge is 0.598 e. The molecule has 2 unspecified atom stereocenters. The fourth-order valence-corrected chi connectivity index (χ4v) is 4.46. The van der Waals surface area contributed by atoms with Crippen molar-refractivity contribution in [3.8, 4) is 0 Å². The topological polar surface area (TPSA) is 30.2 Å². The first-order valence-corrected chi connectivity index (χ1v) is 8.86. The van der Waals surface area contributed by atoms with Crippen molar-refractivity contribution in [2.75, 3.05) is 0 Å². The molecule has 0 amide bonds. The minimum Gasteiger partial charge on any atom is -0.250 e. The Labute approximate surface area is 135 Å². The number of benzene rings is 3. The molecular weight excluding hydrogens is 303 g/mol. The maximum Gasteiger partial charge on any atom is 0.598 e. The minimum absolute atomic E-state index is 0.166. The lowest BCUT2D eigenvalue weighted by atomic mass is 9.92. The second-order valence-electron chi connectivity index (χ2n) is 5.72. The molecule has 0 saturated carbocycles. The zero-order valence-corrected chi connectivity index (χ0v) is 13.7. The molecule has 0 aliphatic rings. The van der Waals surface area contributed by atoms with Gasteiger partial charge >= 0.3 is 7.65 Å². The molecule has 2 atom stereocenters. The number of rotatable bonds is 2. The van der Waals surface area contributed by atoms with Gasteiger partial charge in [0.25, 0.3) is 0 Å². The van der Waals surface area contributed by atoms with Gasteiger partial charge in [-0.25, -0.2) is 4.20 Å². The first-order valence-electron chi connectivity index (χ1n) is 7.68. The van der Waals surface area contributed by atoms with Gasteiger partial charge in [0.15, 0.2) is 5.58 Å². The molecule has 0 radical (unpaired) electrons. The molecule has 0 saturated heterocycles. The van der Waals surface area contributed by atoms with Gasteiger partial charge in [-0.3, -0.25) is 0 Å². The van der Waals surface area contributed by atoms with E-state index in [0.717, 1.165) is 21.5 Å². The number of hydrogen-bond donors (Lipinski definition) is 0. The summed E-state index contributed by atoms with van der Waals surface area (Å²) < 4.78 is 18.4. The molecule has 4 aromatic rings. The van der Waals surface area contributed by atoms with E-state index in [1.165, 1.54) is 5.56 Å². The number of para-hydroxylation sites is 1. The fraction of sp³-hybridized carbons (Fsp3) is 0.100. The molecule has 0 N–H and O–H groups in total. The molecular formula is C20H16O2P+. The van der Waals surface area contributed by atoms with Crippen LogP contribution >= 0.6 is 7.65 Å². The van der Waals surface area contributed by atoms with E-state index in [2.05, 4.69) is 25.1 Å². The van der Waals surface area contributed by atoms with E-state index in [4.69, 9.17) is 4.20 Å². The summed E-state index contributed by atoms with van der Waals surface area (Å²) in [6.45, 7) is 2.15. The summed E-state index contributed by atoms with van der Waals surface area (Å²) in [5.74, 6) is 0.166. The van der Waals surface area contributed by atoms with Gasteiger partial charge in [-0.2, -0.15) is 0 Å². The van der Waals surface area contributed by atoms with Crippen molar-refractivity contribution < 1.29 is 8.76 Å². The summed E-state index contributed by atoms with van der Waals surface area (Å²) in [5.41, 5.74) is 2.98. The third kappa shape index (κ3) is 2.36. The predicted octanol–water partition coefficient (Wildman–Crippen LogP) is 6.48. The van der Waals surface area contributed by atoms with Gasteiger partial charge in [0, 0.05) is 22.3 Å². The van der Waals surface area contributed by atoms with Gasteiger partial charge in [-0.1, -0.05) is 67.6 Å². The van der Waals surface area contributed by atoms with Crippen molar-refractivity contribution in [1.29, 1.82) is 0 Å². The van der Waals surface area contributed by atoms with Crippen LogP contribution in [-0.2, 0) is 4.57 Å². The van der Waals surface area contributed by atoms with Gasteiger partial charge in [-0.15, -0.1) is 0 Å². The summed E-state index contributed by atoms with van der Waals surface area (Å²) in [6.07, 6.45) is 0. The van der Waals surface area contributed by atoms with E-state index >= 15 is 0 Å². The Morgan fingerprint density at radius 1 is 0.826 bits per heavy atom. The van der Waals surface area contributed by atoms with Crippen LogP contribution in [0.4, 0.5) is 0 Å². The van der Waals surface area contributed by atoms with Crippen LogP contribution in [-0.4, -0.2) is 0 Å². The quantitative estimate of drug-likeness (QED) is 0.396. The maximum atomic E-state index is 12.7. The Hall–Kier alpha value is -2.44. The van der Waals surface area contributed by atoms with Crippen LogP contribution in [0.3, 0.4) is 0 Å². The molecule has 3 aromatic carbocycles. The van der Waals surface area contributed by atoms with Crippen LogP contribution in [0.5, 0.6) is 0 Å². The van der Waals surface area contributed by atoms with Crippen LogP contribution in [0, 0.1) is 0 Å². The first kappa shape index (κ1) is 14.2. The monoisotopic (exact) mass is 319 g/mol. The van der Waals surface area contributed by atoms with Crippen LogP contribution in [0.1, 0.15) is 24.0 Å². The summed E-state index contributed by atoms with van der Waals surface area (Å²) >= 11 is 0. The molecule has 23 heavy (non-hydrogen) atoms. The van der Waals surface area contributed by atoms with Gasteiger partial charge in [0.2, 0.25) is 5.12 Å². The summed E-state index contributed by atoms with van der Waals surface area (Å²) in [4.78, 5) is 0. The molecule has 2 nitrogen and oxygen atoms in total. The van der Waals surface area contributed by atoms with E-state index < -0.39 is 7.65 Å². The van der Waals surface area contributed by atoms with Gasteiger partial charge in [0.05, 0.1) is 0 Å². The number of hydrogen-bond acceptors (Lipinski definition) is 2. The third-order valence-electron chi connectivity index (χ3n) is 4.37. The van der Waals surface area contributed by atoms with Crippen LogP contribution in [0.25, 0.3) is 21.5 Å². The second-order valence-corrected chi connectivity index (χ2v) is 6.86. The van der Waals surface area contributed by atoms with Crippen molar-refractivity contribution >= 4 is 29.1 Å². The van der Waals surface area contributed by atoms with E-state index in [9.17, 15) is 4.57 Å². The zero-order valence-electron chi connectivity index (χ0n) is 12.8. The molecule has 0 fully saturated rings. The van der Waals surface area contributed by atoms with Crippen molar-refractivity contribution in [2.45, 2.75) is 12.8 Å². The first-order chi connectivity index (χ1) is 11.3. The molecule has 0 bridgehead atoms. The highest BCUT2D eigenvalue weighted by Crippen LogP contribution is 2.41. The van der Waals surface area contributed by atoms with Crippen LogP contribution in [0.15, 0.2) is 77.0 Å². The highest BCUT2D eigenvalue weighted by atomic mass is 31.1. The van der Waals surface area contributed by atoms with Gasteiger partial charge in [0.1, 0.15) is 0 Å². The Morgan fingerprint density at radius 3 is 2.35 bits per heavy atom. The van der Waals surface area contributed by atoms with Gasteiger partial charge < -0.3 is 0 Å². The lowest BCUT2D eigenvalue weighted by Gasteiger charge is -2.12. The molecule has 112 valence electrons. The fourth-order valence-electron chi connectivity index (χ4n) is 3.16. The van der Waals surface area contributed by atoms with Crippen LogP contribution < -0.4 is 0 Å². The smallest absolute Gasteiger partial charge is 0.250 e. The summed E-state index contributed by atoms with van der Waals surface area (Å²) in [7, 11) is -1.89. The number of fused-ring (bicyclic) bond motifs is 3. The lowest BCUT2D eigenvalue weighted by molar-refractivity contribution is 0.563. The Kier molecular flexibility index (Phi) is 3.48. The summed E-state index contributed by atoms with van der Waals surface area (Å²) in [5, 5.41) is 2.87.